The van der Waals surface area contributed by atoms with Crippen LogP contribution in [0.3, 0.4) is 0 Å². The third-order valence-corrected chi connectivity index (χ3v) is 6.51. The Morgan fingerprint density at radius 1 is 0.960 bits per heavy atom. The van der Waals surface area contributed by atoms with Crippen molar-refractivity contribution in [3.63, 3.8) is 0 Å². The third-order valence-electron chi connectivity index (χ3n) is 3.38. The lowest BCUT2D eigenvalue weighted by Gasteiger charge is -2.10. The lowest BCUT2D eigenvalue weighted by molar-refractivity contribution is -0.139. The fourth-order valence-electron chi connectivity index (χ4n) is 2.11. The van der Waals surface area contributed by atoms with Crippen molar-refractivity contribution in [2.75, 3.05) is 6.54 Å². The van der Waals surface area contributed by atoms with Gasteiger partial charge in [-0.25, -0.2) is 0 Å². The maximum atomic E-state index is 11.8. The number of thiophene rings is 3. The molecule has 0 fully saturated rings. The summed E-state index contributed by atoms with van der Waals surface area (Å²) in [5, 5.41) is 19.1. The number of aliphatic hydroxyl groups excluding tert-OH is 1. The van der Waals surface area contributed by atoms with E-state index in [1.807, 2.05) is 47.2 Å². The minimum absolute atomic E-state index is 0.00432. The maximum Gasteiger partial charge on any atom is 0.309 e. The molecular weight excluding hydrogens is 376 g/mol. The van der Waals surface area contributed by atoms with E-state index in [4.69, 9.17) is 0 Å². The number of rotatable bonds is 6. The van der Waals surface area contributed by atoms with E-state index in [0.717, 1.165) is 19.5 Å². The first-order valence-corrected chi connectivity index (χ1v) is 10.1. The Morgan fingerprint density at radius 3 is 2.44 bits per heavy atom. The molecular formula is C17H16N2O3S3. The zero-order valence-corrected chi connectivity index (χ0v) is 15.5. The van der Waals surface area contributed by atoms with Gasteiger partial charge in [-0.15, -0.1) is 34.0 Å². The van der Waals surface area contributed by atoms with Crippen LogP contribution in [0.15, 0.2) is 47.2 Å². The second-order valence-electron chi connectivity index (χ2n) is 5.17. The van der Waals surface area contributed by atoms with Crippen LogP contribution in [0.2, 0.25) is 0 Å². The Balaban J connectivity index is 1.47. The van der Waals surface area contributed by atoms with Crippen molar-refractivity contribution in [2.45, 2.75) is 12.6 Å². The predicted molar refractivity (Wildman–Crippen MR) is 102 cm³/mol. The number of nitrogens with one attached hydrogen (secondary N) is 2. The van der Waals surface area contributed by atoms with Gasteiger partial charge >= 0.3 is 11.8 Å². The van der Waals surface area contributed by atoms with Crippen LogP contribution in [0.4, 0.5) is 0 Å². The van der Waals surface area contributed by atoms with Gasteiger partial charge in [0.1, 0.15) is 6.10 Å². The van der Waals surface area contributed by atoms with Crippen LogP contribution in [0.25, 0.3) is 9.75 Å². The number of carbonyl (C=O) groups is 2. The molecule has 3 heterocycles. The molecule has 8 heteroatoms. The van der Waals surface area contributed by atoms with Crippen LogP contribution in [-0.4, -0.2) is 23.5 Å². The Kier molecular flexibility index (Phi) is 5.98. The minimum Gasteiger partial charge on any atom is -0.386 e. The van der Waals surface area contributed by atoms with Crippen molar-refractivity contribution in [2.24, 2.45) is 0 Å². The molecule has 0 spiro atoms. The highest BCUT2D eigenvalue weighted by molar-refractivity contribution is 7.21. The van der Waals surface area contributed by atoms with Crippen molar-refractivity contribution in [1.82, 2.24) is 10.6 Å². The zero-order chi connectivity index (χ0) is 17.6. The van der Waals surface area contributed by atoms with Gasteiger partial charge in [0.25, 0.3) is 0 Å². The lowest BCUT2D eigenvalue weighted by Crippen LogP contribution is -2.40. The standard InChI is InChI=1S/C17H16N2O3S3/c20-12(13-5-6-15(25-13)14-4-2-8-24-14)10-19-17(22)16(21)18-9-11-3-1-7-23-11/h1-8,12,20H,9-10H2,(H,18,21)(H,19,22)/t12-/m0/s1. The number of aliphatic hydroxyl groups is 1. The quantitative estimate of drug-likeness (QED) is 0.564. The fourth-order valence-corrected chi connectivity index (χ4v) is 4.59. The van der Waals surface area contributed by atoms with Gasteiger partial charge in [-0.3, -0.25) is 9.59 Å². The highest BCUT2D eigenvalue weighted by Crippen LogP contribution is 2.33. The first-order chi connectivity index (χ1) is 12.1. The zero-order valence-electron chi connectivity index (χ0n) is 13.1. The smallest absolute Gasteiger partial charge is 0.309 e. The summed E-state index contributed by atoms with van der Waals surface area (Å²) in [6.45, 7) is 0.317. The normalized spacial score (nSPS) is 11.9. The second kappa shape index (κ2) is 8.39. The summed E-state index contributed by atoms with van der Waals surface area (Å²) in [5.74, 6) is -1.45. The Hall–Kier alpha value is -2.00. The molecule has 2 amide bonds. The second-order valence-corrected chi connectivity index (χ2v) is 8.26. The average Bonchev–Trinajstić information content (AvgIpc) is 3.37. The van der Waals surface area contributed by atoms with E-state index >= 15 is 0 Å². The Labute approximate surface area is 157 Å². The molecule has 3 aromatic heterocycles. The van der Waals surface area contributed by atoms with E-state index in [0.29, 0.717) is 6.54 Å². The maximum absolute atomic E-state index is 11.8. The number of hydrogen-bond acceptors (Lipinski definition) is 6. The molecule has 0 aromatic carbocycles. The summed E-state index contributed by atoms with van der Waals surface area (Å²) in [6.07, 6.45) is -0.840. The Morgan fingerprint density at radius 2 is 1.72 bits per heavy atom. The largest absolute Gasteiger partial charge is 0.386 e. The van der Waals surface area contributed by atoms with Gasteiger partial charge < -0.3 is 15.7 Å². The third kappa shape index (κ3) is 4.76. The molecule has 3 N–H and O–H groups in total. The van der Waals surface area contributed by atoms with Crippen molar-refractivity contribution in [3.8, 4) is 9.75 Å². The highest BCUT2D eigenvalue weighted by atomic mass is 32.1. The van der Waals surface area contributed by atoms with Gasteiger partial charge in [-0.05, 0) is 35.0 Å². The van der Waals surface area contributed by atoms with Gasteiger partial charge in [0.15, 0.2) is 0 Å². The van der Waals surface area contributed by atoms with Crippen LogP contribution < -0.4 is 10.6 Å². The molecule has 3 aromatic rings. The van der Waals surface area contributed by atoms with Gasteiger partial charge in [-0.2, -0.15) is 0 Å². The van der Waals surface area contributed by atoms with Gasteiger partial charge in [0, 0.05) is 26.1 Å². The van der Waals surface area contributed by atoms with E-state index in [1.165, 1.54) is 22.7 Å². The van der Waals surface area contributed by atoms with Gasteiger partial charge in [0.2, 0.25) is 0 Å². The number of amides is 2. The van der Waals surface area contributed by atoms with Crippen molar-refractivity contribution < 1.29 is 14.7 Å². The molecule has 0 saturated heterocycles. The summed E-state index contributed by atoms with van der Waals surface area (Å²) in [4.78, 5) is 27.5. The summed E-state index contributed by atoms with van der Waals surface area (Å²) in [5.41, 5.74) is 0. The molecule has 0 radical (unpaired) electrons. The van der Waals surface area contributed by atoms with E-state index in [2.05, 4.69) is 10.6 Å². The molecule has 1 atom stereocenters. The summed E-state index contributed by atoms with van der Waals surface area (Å²) < 4.78 is 0. The Bertz CT molecular complexity index is 825. The first-order valence-electron chi connectivity index (χ1n) is 7.53. The van der Waals surface area contributed by atoms with Crippen LogP contribution in [-0.2, 0) is 16.1 Å². The summed E-state index contributed by atoms with van der Waals surface area (Å²) in [6, 6.07) is 11.6. The lowest BCUT2D eigenvalue weighted by atomic mass is 10.3. The summed E-state index contributed by atoms with van der Waals surface area (Å²) >= 11 is 4.62. The van der Waals surface area contributed by atoms with Gasteiger partial charge in [-0.1, -0.05) is 12.1 Å². The topological polar surface area (TPSA) is 78.4 Å². The van der Waals surface area contributed by atoms with E-state index in [-0.39, 0.29) is 6.54 Å². The van der Waals surface area contributed by atoms with Crippen molar-refractivity contribution in [1.29, 1.82) is 0 Å². The van der Waals surface area contributed by atoms with Gasteiger partial charge in [0.05, 0.1) is 6.54 Å². The minimum atomic E-state index is -0.840. The average molecular weight is 393 g/mol. The highest BCUT2D eigenvalue weighted by Gasteiger charge is 2.17. The molecule has 0 aliphatic carbocycles. The van der Waals surface area contributed by atoms with Crippen LogP contribution in [0, 0.1) is 0 Å². The van der Waals surface area contributed by atoms with Crippen LogP contribution in [0.1, 0.15) is 15.9 Å². The van der Waals surface area contributed by atoms with E-state index in [1.54, 1.807) is 11.3 Å². The molecule has 5 nitrogen and oxygen atoms in total. The number of carbonyl (C=O) groups excluding carboxylic acids is 2. The van der Waals surface area contributed by atoms with Crippen LogP contribution >= 0.6 is 34.0 Å². The fraction of sp³-hybridized carbons (Fsp3) is 0.176. The molecule has 0 bridgehead atoms. The first kappa shape index (κ1) is 17.8. The predicted octanol–water partition coefficient (Wildman–Crippen LogP) is 3.00. The molecule has 25 heavy (non-hydrogen) atoms. The van der Waals surface area contributed by atoms with E-state index in [9.17, 15) is 14.7 Å². The molecule has 130 valence electrons. The van der Waals surface area contributed by atoms with E-state index < -0.39 is 17.9 Å². The molecule has 0 aliphatic rings. The number of hydrogen-bond donors (Lipinski definition) is 3. The van der Waals surface area contributed by atoms with Crippen molar-refractivity contribution >= 4 is 45.8 Å². The van der Waals surface area contributed by atoms with Crippen LogP contribution in [0.5, 0.6) is 0 Å². The molecule has 0 aliphatic heterocycles. The SMILES string of the molecule is O=C(NCc1cccs1)C(=O)NC[C@H](O)c1ccc(-c2cccs2)s1. The molecule has 0 unspecified atom stereocenters. The molecule has 3 rings (SSSR count). The van der Waals surface area contributed by atoms with Crippen molar-refractivity contribution in [3.05, 3.63) is 56.9 Å². The monoisotopic (exact) mass is 392 g/mol. The summed E-state index contributed by atoms with van der Waals surface area (Å²) in [7, 11) is 0. The molecule has 0 saturated carbocycles.